The molecule has 0 heterocycles. The van der Waals surface area contributed by atoms with Gasteiger partial charge in [-0.1, -0.05) is 12.1 Å². The summed E-state index contributed by atoms with van der Waals surface area (Å²) in [6, 6.07) is 9.20. The van der Waals surface area contributed by atoms with E-state index < -0.39 is 0 Å². The third-order valence-corrected chi connectivity index (χ3v) is 3.58. The second kappa shape index (κ2) is 4.83. The Bertz CT molecular complexity index is 449. The molecule has 1 fully saturated rings. The SMILES string of the molecule is N#CC(NC(=O)c1ccccc1I)C1CC1. The average molecular weight is 326 g/mol. The monoisotopic (exact) mass is 326 g/mol. The van der Waals surface area contributed by atoms with Crippen molar-refractivity contribution in [2.45, 2.75) is 18.9 Å². The first kappa shape index (κ1) is 11.4. The molecule has 1 aliphatic carbocycles. The van der Waals surface area contributed by atoms with E-state index in [-0.39, 0.29) is 11.9 Å². The number of hydrogen-bond donors (Lipinski definition) is 1. The highest BCUT2D eigenvalue weighted by Crippen LogP contribution is 2.32. The maximum absolute atomic E-state index is 11.9. The molecule has 0 aliphatic heterocycles. The van der Waals surface area contributed by atoms with Crippen LogP contribution >= 0.6 is 22.6 Å². The van der Waals surface area contributed by atoms with E-state index in [9.17, 15) is 4.79 Å². The van der Waals surface area contributed by atoms with Crippen LogP contribution < -0.4 is 5.32 Å². The number of nitrogens with zero attached hydrogens (tertiary/aromatic N) is 1. The standard InChI is InChI=1S/C12H11IN2O/c13-10-4-2-1-3-9(10)12(16)15-11(7-14)8-5-6-8/h1-4,8,11H,5-6H2,(H,15,16). The minimum absolute atomic E-state index is 0.150. The molecule has 1 saturated carbocycles. The topological polar surface area (TPSA) is 52.9 Å². The summed E-state index contributed by atoms with van der Waals surface area (Å²) in [7, 11) is 0. The van der Waals surface area contributed by atoms with Crippen molar-refractivity contribution >= 4 is 28.5 Å². The maximum atomic E-state index is 11.9. The van der Waals surface area contributed by atoms with Crippen LogP contribution in [0.3, 0.4) is 0 Å². The Morgan fingerprint density at radius 2 is 2.19 bits per heavy atom. The van der Waals surface area contributed by atoms with E-state index >= 15 is 0 Å². The van der Waals surface area contributed by atoms with E-state index in [1.807, 2.05) is 18.2 Å². The zero-order chi connectivity index (χ0) is 11.5. The van der Waals surface area contributed by atoms with Crippen LogP contribution in [0.25, 0.3) is 0 Å². The van der Waals surface area contributed by atoms with Gasteiger partial charge in [0.25, 0.3) is 5.91 Å². The minimum Gasteiger partial charge on any atom is -0.336 e. The Balaban J connectivity index is 2.08. The van der Waals surface area contributed by atoms with Gasteiger partial charge in [0.1, 0.15) is 6.04 Å². The van der Waals surface area contributed by atoms with Crippen LogP contribution in [0, 0.1) is 20.8 Å². The molecule has 1 aromatic rings. The first-order chi connectivity index (χ1) is 7.72. The summed E-state index contributed by atoms with van der Waals surface area (Å²) < 4.78 is 0.907. The van der Waals surface area contributed by atoms with Crippen LogP contribution in [-0.2, 0) is 0 Å². The van der Waals surface area contributed by atoms with Crippen LogP contribution in [0.1, 0.15) is 23.2 Å². The summed E-state index contributed by atoms with van der Waals surface area (Å²) >= 11 is 2.12. The molecular weight excluding hydrogens is 315 g/mol. The van der Waals surface area contributed by atoms with Gasteiger partial charge in [-0.15, -0.1) is 0 Å². The van der Waals surface area contributed by atoms with Gasteiger partial charge < -0.3 is 5.32 Å². The predicted molar refractivity (Wildman–Crippen MR) is 68.8 cm³/mol. The van der Waals surface area contributed by atoms with E-state index in [1.165, 1.54) is 0 Å². The van der Waals surface area contributed by atoms with Gasteiger partial charge in [0.15, 0.2) is 0 Å². The fourth-order valence-electron chi connectivity index (χ4n) is 1.55. The van der Waals surface area contributed by atoms with Crippen LogP contribution in [-0.4, -0.2) is 11.9 Å². The fourth-order valence-corrected chi connectivity index (χ4v) is 2.18. The maximum Gasteiger partial charge on any atom is 0.253 e. The zero-order valence-electron chi connectivity index (χ0n) is 8.61. The lowest BCUT2D eigenvalue weighted by molar-refractivity contribution is 0.0941. The highest BCUT2D eigenvalue weighted by molar-refractivity contribution is 14.1. The first-order valence-electron chi connectivity index (χ1n) is 5.17. The summed E-state index contributed by atoms with van der Waals surface area (Å²) in [5.74, 6) is 0.207. The van der Waals surface area contributed by atoms with Crippen molar-refractivity contribution in [1.29, 1.82) is 5.26 Å². The van der Waals surface area contributed by atoms with Crippen molar-refractivity contribution < 1.29 is 4.79 Å². The Hall–Kier alpha value is -1.09. The van der Waals surface area contributed by atoms with Crippen LogP contribution in [0.15, 0.2) is 24.3 Å². The summed E-state index contributed by atoms with van der Waals surface area (Å²) in [4.78, 5) is 11.9. The van der Waals surface area contributed by atoms with E-state index in [4.69, 9.17) is 5.26 Å². The molecule has 1 aromatic carbocycles. The minimum atomic E-state index is -0.330. The summed E-state index contributed by atoms with van der Waals surface area (Å²) in [6.07, 6.45) is 2.09. The Labute approximate surface area is 108 Å². The smallest absolute Gasteiger partial charge is 0.253 e. The third-order valence-electron chi connectivity index (χ3n) is 2.64. The number of nitriles is 1. The molecule has 1 aliphatic rings. The molecule has 1 amide bonds. The van der Waals surface area contributed by atoms with Gasteiger partial charge in [0.2, 0.25) is 0 Å². The second-order valence-corrected chi connectivity index (χ2v) is 5.06. The van der Waals surface area contributed by atoms with Gasteiger partial charge >= 0.3 is 0 Å². The molecule has 0 aromatic heterocycles. The molecule has 82 valence electrons. The van der Waals surface area contributed by atoms with E-state index in [0.29, 0.717) is 11.5 Å². The number of rotatable bonds is 3. The lowest BCUT2D eigenvalue weighted by Crippen LogP contribution is -2.35. The number of carbonyl (C=O) groups is 1. The first-order valence-corrected chi connectivity index (χ1v) is 6.25. The quantitative estimate of drug-likeness (QED) is 0.867. The molecule has 1 unspecified atom stereocenters. The van der Waals surface area contributed by atoms with E-state index in [2.05, 4.69) is 34.0 Å². The fraction of sp³-hybridized carbons (Fsp3) is 0.333. The Morgan fingerprint density at radius 1 is 1.50 bits per heavy atom. The molecule has 0 saturated heterocycles. The molecule has 1 atom stereocenters. The summed E-state index contributed by atoms with van der Waals surface area (Å²) in [5.41, 5.74) is 0.643. The van der Waals surface area contributed by atoms with Crippen molar-refractivity contribution in [3.8, 4) is 6.07 Å². The van der Waals surface area contributed by atoms with Gasteiger partial charge in [-0.2, -0.15) is 5.26 Å². The number of carbonyl (C=O) groups excluding carboxylic acids is 1. The number of benzene rings is 1. The highest BCUT2D eigenvalue weighted by Gasteiger charge is 2.32. The number of halogens is 1. The van der Waals surface area contributed by atoms with Gasteiger partial charge in [-0.25, -0.2) is 0 Å². The van der Waals surface area contributed by atoms with Crippen molar-refractivity contribution in [2.24, 2.45) is 5.92 Å². The lowest BCUT2D eigenvalue weighted by Gasteiger charge is -2.11. The van der Waals surface area contributed by atoms with Crippen molar-refractivity contribution in [3.05, 3.63) is 33.4 Å². The third kappa shape index (κ3) is 2.53. The average Bonchev–Trinajstić information content (AvgIpc) is 3.10. The summed E-state index contributed by atoms with van der Waals surface area (Å²) in [5, 5.41) is 11.7. The molecule has 0 radical (unpaired) electrons. The normalized spacial score (nSPS) is 16.2. The van der Waals surface area contributed by atoms with Gasteiger partial charge in [-0.3, -0.25) is 4.79 Å². The van der Waals surface area contributed by atoms with Crippen LogP contribution in [0.2, 0.25) is 0 Å². The highest BCUT2D eigenvalue weighted by atomic mass is 127. The lowest BCUT2D eigenvalue weighted by atomic mass is 10.1. The molecular formula is C12H11IN2O. The molecule has 0 spiro atoms. The predicted octanol–water partition coefficient (Wildman–Crippen LogP) is 2.32. The second-order valence-electron chi connectivity index (χ2n) is 3.90. The van der Waals surface area contributed by atoms with E-state index in [0.717, 1.165) is 16.4 Å². The Morgan fingerprint density at radius 3 is 2.75 bits per heavy atom. The van der Waals surface area contributed by atoms with Crippen molar-refractivity contribution in [2.75, 3.05) is 0 Å². The van der Waals surface area contributed by atoms with Gasteiger partial charge in [0, 0.05) is 3.57 Å². The number of hydrogen-bond acceptors (Lipinski definition) is 2. The van der Waals surface area contributed by atoms with Gasteiger partial charge in [-0.05, 0) is 53.5 Å². The van der Waals surface area contributed by atoms with E-state index in [1.54, 1.807) is 6.07 Å². The zero-order valence-corrected chi connectivity index (χ0v) is 10.8. The van der Waals surface area contributed by atoms with Gasteiger partial charge in [0.05, 0.1) is 11.6 Å². The van der Waals surface area contributed by atoms with Crippen LogP contribution in [0.5, 0.6) is 0 Å². The molecule has 0 bridgehead atoms. The largest absolute Gasteiger partial charge is 0.336 e. The molecule has 16 heavy (non-hydrogen) atoms. The number of amides is 1. The molecule has 2 rings (SSSR count). The summed E-state index contributed by atoms with van der Waals surface area (Å²) in [6.45, 7) is 0. The molecule has 3 nitrogen and oxygen atoms in total. The van der Waals surface area contributed by atoms with Crippen molar-refractivity contribution in [3.63, 3.8) is 0 Å². The van der Waals surface area contributed by atoms with Crippen LogP contribution in [0.4, 0.5) is 0 Å². The number of nitrogens with one attached hydrogen (secondary N) is 1. The molecule has 4 heteroatoms. The Kier molecular flexibility index (Phi) is 3.44. The van der Waals surface area contributed by atoms with Crippen molar-refractivity contribution in [1.82, 2.24) is 5.32 Å². The molecule has 1 N–H and O–H groups in total.